The molecule has 126 valence electrons. The van der Waals surface area contributed by atoms with Crippen LogP contribution < -0.4 is 5.32 Å². The lowest BCUT2D eigenvalue weighted by molar-refractivity contribution is -0.112. The fraction of sp³-hybridized carbons (Fsp3) is 0. The summed E-state index contributed by atoms with van der Waals surface area (Å²) < 4.78 is 0. The lowest BCUT2D eigenvalue weighted by atomic mass is 10.0. The fourth-order valence-corrected chi connectivity index (χ4v) is 2.51. The molecule has 0 heterocycles. The van der Waals surface area contributed by atoms with Crippen LogP contribution in [-0.2, 0) is 4.79 Å². The molecule has 5 heteroatoms. The van der Waals surface area contributed by atoms with Crippen LogP contribution in [0, 0.1) is 11.3 Å². The van der Waals surface area contributed by atoms with E-state index in [1.165, 1.54) is 30.3 Å². The molecule has 3 rings (SSSR count). The highest BCUT2D eigenvalue weighted by Gasteiger charge is 2.10. The molecule has 0 saturated carbocycles. The Hall–Kier alpha value is -3.91. The molecule has 0 bridgehead atoms. The van der Waals surface area contributed by atoms with Crippen LogP contribution >= 0.6 is 0 Å². The highest BCUT2D eigenvalue weighted by Crippen LogP contribution is 2.18. The van der Waals surface area contributed by atoms with Gasteiger partial charge in [0, 0.05) is 5.69 Å². The van der Waals surface area contributed by atoms with E-state index in [0.717, 1.165) is 16.3 Å². The number of rotatable bonds is 4. The van der Waals surface area contributed by atoms with Gasteiger partial charge in [-0.05, 0) is 52.7 Å². The van der Waals surface area contributed by atoms with Crippen LogP contribution in [0.4, 0.5) is 5.69 Å². The van der Waals surface area contributed by atoms with Crippen molar-refractivity contribution in [2.75, 3.05) is 5.32 Å². The molecule has 3 aromatic carbocycles. The van der Waals surface area contributed by atoms with Gasteiger partial charge in [-0.3, -0.25) is 4.79 Å². The topological polar surface area (TPSA) is 90.2 Å². The van der Waals surface area contributed by atoms with Gasteiger partial charge in [0.05, 0.1) is 5.56 Å². The molecule has 26 heavy (non-hydrogen) atoms. The van der Waals surface area contributed by atoms with Crippen molar-refractivity contribution >= 4 is 34.4 Å². The molecule has 0 saturated heterocycles. The number of hydrogen-bond donors (Lipinski definition) is 2. The minimum absolute atomic E-state index is 0.0393. The van der Waals surface area contributed by atoms with Gasteiger partial charge in [-0.25, -0.2) is 4.79 Å². The number of carboxylic acids is 1. The summed E-state index contributed by atoms with van der Waals surface area (Å²) in [6.45, 7) is 0. The first-order valence-electron chi connectivity index (χ1n) is 7.82. The van der Waals surface area contributed by atoms with E-state index in [9.17, 15) is 14.9 Å². The number of nitrogens with one attached hydrogen (secondary N) is 1. The summed E-state index contributed by atoms with van der Waals surface area (Å²) in [5.74, 6) is -1.60. The highest BCUT2D eigenvalue weighted by molar-refractivity contribution is 6.10. The van der Waals surface area contributed by atoms with Crippen molar-refractivity contribution in [1.82, 2.24) is 0 Å². The van der Waals surface area contributed by atoms with Crippen LogP contribution in [0.25, 0.3) is 16.8 Å². The number of nitriles is 1. The minimum atomic E-state index is -1.04. The number of carboxylic acid groups (broad SMARTS) is 1. The summed E-state index contributed by atoms with van der Waals surface area (Å²) in [6, 6.07) is 21.1. The summed E-state index contributed by atoms with van der Waals surface area (Å²) in [7, 11) is 0. The number of amides is 1. The van der Waals surface area contributed by atoms with Crippen molar-refractivity contribution in [2.45, 2.75) is 0 Å². The second kappa shape index (κ2) is 7.32. The smallest absolute Gasteiger partial charge is 0.335 e. The fourth-order valence-electron chi connectivity index (χ4n) is 2.51. The van der Waals surface area contributed by atoms with E-state index in [1.54, 1.807) is 0 Å². The number of hydrogen-bond acceptors (Lipinski definition) is 3. The minimum Gasteiger partial charge on any atom is -0.478 e. The molecular formula is C21H14N2O3. The van der Waals surface area contributed by atoms with Crippen molar-refractivity contribution in [3.8, 4) is 6.07 Å². The average molecular weight is 342 g/mol. The Bertz CT molecular complexity index is 1060. The van der Waals surface area contributed by atoms with Crippen LogP contribution in [0.2, 0.25) is 0 Å². The number of fused-ring (bicyclic) bond motifs is 1. The summed E-state index contributed by atoms with van der Waals surface area (Å²) in [4.78, 5) is 23.2. The molecule has 3 aromatic rings. The second-order valence-corrected chi connectivity index (χ2v) is 5.61. The Kier molecular flexibility index (Phi) is 4.77. The maximum absolute atomic E-state index is 12.3. The van der Waals surface area contributed by atoms with Crippen molar-refractivity contribution in [2.24, 2.45) is 0 Å². The van der Waals surface area contributed by atoms with Gasteiger partial charge in [0.25, 0.3) is 5.91 Å². The predicted molar refractivity (Wildman–Crippen MR) is 99.6 cm³/mol. The second-order valence-electron chi connectivity index (χ2n) is 5.61. The molecule has 0 spiro atoms. The number of anilines is 1. The highest BCUT2D eigenvalue weighted by atomic mass is 16.4. The first kappa shape index (κ1) is 16.9. The largest absolute Gasteiger partial charge is 0.478 e. The monoisotopic (exact) mass is 342 g/mol. The van der Waals surface area contributed by atoms with Gasteiger partial charge in [0.1, 0.15) is 11.6 Å². The van der Waals surface area contributed by atoms with Gasteiger partial charge < -0.3 is 10.4 Å². The molecule has 0 aromatic heterocycles. The SMILES string of the molecule is N#C/C(=C\c1ccc2ccccc2c1)C(=O)Nc1ccc(C(=O)O)cc1. The summed E-state index contributed by atoms with van der Waals surface area (Å²) >= 11 is 0. The van der Waals surface area contributed by atoms with Crippen LogP contribution in [-0.4, -0.2) is 17.0 Å². The normalized spacial score (nSPS) is 11.0. The zero-order valence-electron chi connectivity index (χ0n) is 13.6. The summed E-state index contributed by atoms with van der Waals surface area (Å²) in [5.41, 5.74) is 1.24. The van der Waals surface area contributed by atoms with E-state index in [1.807, 2.05) is 48.5 Å². The zero-order chi connectivity index (χ0) is 18.5. The number of carbonyl (C=O) groups excluding carboxylic acids is 1. The Balaban J connectivity index is 1.82. The summed E-state index contributed by atoms with van der Waals surface area (Å²) in [6.07, 6.45) is 1.52. The number of nitrogens with zero attached hydrogens (tertiary/aromatic N) is 1. The van der Waals surface area contributed by atoms with E-state index < -0.39 is 11.9 Å². The Morgan fingerprint density at radius 1 is 0.962 bits per heavy atom. The molecule has 0 aliphatic heterocycles. The first-order chi connectivity index (χ1) is 12.6. The maximum atomic E-state index is 12.3. The third kappa shape index (κ3) is 3.77. The molecule has 0 atom stereocenters. The van der Waals surface area contributed by atoms with E-state index in [0.29, 0.717) is 5.69 Å². The van der Waals surface area contributed by atoms with E-state index in [-0.39, 0.29) is 11.1 Å². The Labute approximate surface area is 149 Å². The molecule has 0 aliphatic rings. The zero-order valence-corrected chi connectivity index (χ0v) is 13.6. The Morgan fingerprint density at radius 3 is 2.31 bits per heavy atom. The van der Waals surface area contributed by atoms with Crippen LogP contribution in [0.15, 0.2) is 72.3 Å². The molecule has 0 radical (unpaired) electrons. The van der Waals surface area contributed by atoms with E-state index >= 15 is 0 Å². The lowest BCUT2D eigenvalue weighted by Crippen LogP contribution is -2.13. The molecule has 5 nitrogen and oxygen atoms in total. The lowest BCUT2D eigenvalue weighted by Gasteiger charge is -2.05. The third-order valence-electron chi connectivity index (χ3n) is 3.84. The Morgan fingerprint density at radius 2 is 1.65 bits per heavy atom. The van der Waals surface area contributed by atoms with E-state index in [2.05, 4.69) is 5.32 Å². The molecule has 2 N–H and O–H groups in total. The van der Waals surface area contributed by atoms with Gasteiger partial charge in [0.15, 0.2) is 0 Å². The molecule has 0 fully saturated rings. The van der Waals surface area contributed by atoms with Gasteiger partial charge in [-0.15, -0.1) is 0 Å². The number of aromatic carboxylic acids is 1. The first-order valence-corrected chi connectivity index (χ1v) is 7.82. The van der Waals surface area contributed by atoms with Gasteiger partial charge in [-0.1, -0.05) is 36.4 Å². The van der Waals surface area contributed by atoms with E-state index in [4.69, 9.17) is 5.11 Å². The van der Waals surface area contributed by atoms with Crippen molar-refractivity contribution < 1.29 is 14.7 Å². The molecule has 0 aliphatic carbocycles. The predicted octanol–water partition coefficient (Wildman–Crippen LogP) is 4.08. The standard InChI is InChI=1S/C21H14N2O3/c22-13-18(12-14-5-6-15-3-1-2-4-17(15)11-14)20(24)23-19-9-7-16(8-10-19)21(25)26/h1-12H,(H,23,24)(H,25,26)/b18-12+. The third-order valence-corrected chi connectivity index (χ3v) is 3.84. The van der Waals surface area contributed by atoms with Gasteiger partial charge >= 0.3 is 5.97 Å². The molecule has 1 amide bonds. The van der Waals surface area contributed by atoms with Crippen LogP contribution in [0.5, 0.6) is 0 Å². The number of carbonyl (C=O) groups is 2. The molecular weight excluding hydrogens is 328 g/mol. The van der Waals surface area contributed by atoms with Gasteiger partial charge in [-0.2, -0.15) is 5.26 Å². The quantitative estimate of drug-likeness (QED) is 0.552. The van der Waals surface area contributed by atoms with Crippen molar-refractivity contribution in [1.29, 1.82) is 5.26 Å². The van der Waals surface area contributed by atoms with Crippen LogP contribution in [0.1, 0.15) is 15.9 Å². The molecule has 0 unspecified atom stereocenters. The van der Waals surface area contributed by atoms with Crippen LogP contribution in [0.3, 0.4) is 0 Å². The number of benzene rings is 3. The van der Waals surface area contributed by atoms with Gasteiger partial charge in [0.2, 0.25) is 0 Å². The maximum Gasteiger partial charge on any atom is 0.335 e. The van der Waals surface area contributed by atoms with Crippen molar-refractivity contribution in [3.05, 3.63) is 83.4 Å². The van der Waals surface area contributed by atoms with Crippen molar-refractivity contribution in [3.63, 3.8) is 0 Å². The summed E-state index contributed by atoms with van der Waals surface area (Å²) in [5, 5.41) is 22.9. The average Bonchev–Trinajstić information content (AvgIpc) is 2.66.